The van der Waals surface area contributed by atoms with Crippen LogP contribution < -0.4 is 5.73 Å². The van der Waals surface area contributed by atoms with Crippen molar-refractivity contribution in [3.63, 3.8) is 0 Å². The van der Waals surface area contributed by atoms with Crippen LogP contribution in [0.25, 0.3) is 5.57 Å². The van der Waals surface area contributed by atoms with Gasteiger partial charge >= 0.3 is 5.97 Å². The van der Waals surface area contributed by atoms with Gasteiger partial charge in [0.2, 0.25) is 0 Å². The van der Waals surface area contributed by atoms with Crippen LogP contribution in [0.3, 0.4) is 0 Å². The average molecular weight is 206 g/mol. The van der Waals surface area contributed by atoms with Crippen molar-refractivity contribution in [3.05, 3.63) is 29.5 Å². The quantitative estimate of drug-likeness (QED) is 0.741. The Morgan fingerprint density at radius 2 is 2.20 bits per heavy atom. The molecule has 0 saturated heterocycles. The van der Waals surface area contributed by atoms with Crippen LogP contribution in [-0.4, -0.2) is 16.1 Å². The number of nitrogen functional groups attached to an aromatic ring is 1. The van der Waals surface area contributed by atoms with E-state index in [0.29, 0.717) is 17.8 Å². The number of rotatable bonds is 3. The molecule has 0 aromatic carbocycles. The summed E-state index contributed by atoms with van der Waals surface area (Å²) in [5.74, 6) is -0.467. The molecule has 0 saturated carbocycles. The number of nitrogens with two attached hydrogens (primary N) is 1. The predicted molar refractivity (Wildman–Crippen MR) is 59.2 cm³/mol. The second-order valence-electron chi connectivity index (χ2n) is 3.23. The van der Waals surface area contributed by atoms with Crippen LogP contribution in [-0.2, 0) is 4.79 Å². The molecule has 0 fully saturated rings. The summed E-state index contributed by atoms with van der Waals surface area (Å²) in [6.07, 6.45) is 2.25. The summed E-state index contributed by atoms with van der Waals surface area (Å²) in [7, 11) is 0. The number of nitrogens with zero attached hydrogens (tertiary/aromatic N) is 1. The van der Waals surface area contributed by atoms with Crippen molar-refractivity contribution in [2.75, 3.05) is 5.73 Å². The van der Waals surface area contributed by atoms with Gasteiger partial charge in [-0.2, -0.15) is 0 Å². The van der Waals surface area contributed by atoms with E-state index in [2.05, 4.69) is 4.98 Å². The lowest BCUT2D eigenvalue weighted by molar-refractivity contribution is -0.132. The maximum atomic E-state index is 10.8. The molecule has 0 aliphatic heterocycles. The van der Waals surface area contributed by atoms with Gasteiger partial charge in [0, 0.05) is 11.8 Å². The molecule has 80 valence electrons. The zero-order valence-corrected chi connectivity index (χ0v) is 8.82. The van der Waals surface area contributed by atoms with Crippen molar-refractivity contribution in [2.24, 2.45) is 0 Å². The maximum Gasteiger partial charge on any atom is 0.331 e. The fourth-order valence-corrected chi connectivity index (χ4v) is 1.40. The standard InChI is InChI=1S/C11H14N2O2/c1-3-9(7(2)11(14)15)8-4-5-10(12)13-6-8/h4-6H,3H2,1-2H3,(H2,12,13)(H,14,15). The number of hydrogen-bond acceptors (Lipinski definition) is 3. The highest BCUT2D eigenvalue weighted by atomic mass is 16.4. The zero-order valence-electron chi connectivity index (χ0n) is 8.82. The summed E-state index contributed by atoms with van der Waals surface area (Å²) in [4.78, 5) is 14.8. The Morgan fingerprint density at radius 3 is 2.60 bits per heavy atom. The van der Waals surface area contributed by atoms with Crippen LogP contribution in [0.15, 0.2) is 23.9 Å². The van der Waals surface area contributed by atoms with Gasteiger partial charge in [-0.05, 0) is 36.6 Å². The Balaban J connectivity index is 3.19. The van der Waals surface area contributed by atoms with Gasteiger partial charge < -0.3 is 10.8 Å². The van der Waals surface area contributed by atoms with Gasteiger partial charge in [0.25, 0.3) is 0 Å². The number of allylic oxidation sites excluding steroid dienone is 1. The molecular formula is C11H14N2O2. The van der Waals surface area contributed by atoms with Gasteiger partial charge in [-0.15, -0.1) is 0 Å². The van der Waals surface area contributed by atoms with Crippen LogP contribution in [0.4, 0.5) is 5.82 Å². The maximum absolute atomic E-state index is 10.8. The van der Waals surface area contributed by atoms with E-state index in [4.69, 9.17) is 10.8 Å². The van der Waals surface area contributed by atoms with E-state index in [1.807, 2.05) is 6.92 Å². The molecule has 1 heterocycles. The van der Waals surface area contributed by atoms with Crippen LogP contribution >= 0.6 is 0 Å². The first-order valence-corrected chi connectivity index (χ1v) is 4.71. The van der Waals surface area contributed by atoms with E-state index in [-0.39, 0.29) is 0 Å². The molecule has 4 nitrogen and oxygen atoms in total. The molecule has 0 aliphatic carbocycles. The normalized spacial score (nSPS) is 12.1. The molecule has 15 heavy (non-hydrogen) atoms. The van der Waals surface area contributed by atoms with Crippen molar-refractivity contribution in [3.8, 4) is 0 Å². The Morgan fingerprint density at radius 1 is 1.53 bits per heavy atom. The minimum Gasteiger partial charge on any atom is -0.478 e. The lowest BCUT2D eigenvalue weighted by Crippen LogP contribution is -2.01. The van der Waals surface area contributed by atoms with E-state index >= 15 is 0 Å². The van der Waals surface area contributed by atoms with Gasteiger partial charge in [0.15, 0.2) is 0 Å². The van der Waals surface area contributed by atoms with Crippen LogP contribution in [0.2, 0.25) is 0 Å². The molecule has 1 aromatic heterocycles. The van der Waals surface area contributed by atoms with Crippen molar-refractivity contribution in [2.45, 2.75) is 20.3 Å². The van der Waals surface area contributed by atoms with Crippen molar-refractivity contribution < 1.29 is 9.90 Å². The SMILES string of the molecule is CCC(=C(C)C(=O)O)c1ccc(N)nc1. The van der Waals surface area contributed by atoms with Crippen molar-refractivity contribution in [1.29, 1.82) is 0 Å². The predicted octanol–water partition coefficient (Wildman–Crippen LogP) is 1.93. The third kappa shape index (κ3) is 2.56. The first-order valence-electron chi connectivity index (χ1n) is 4.71. The van der Waals surface area contributed by atoms with Gasteiger partial charge in [0.1, 0.15) is 5.82 Å². The highest BCUT2D eigenvalue weighted by molar-refractivity contribution is 5.95. The van der Waals surface area contributed by atoms with Gasteiger partial charge in [-0.25, -0.2) is 9.78 Å². The summed E-state index contributed by atoms with van der Waals surface area (Å²) >= 11 is 0. The van der Waals surface area contributed by atoms with Crippen molar-refractivity contribution in [1.82, 2.24) is 4.98 Å². The molecular weight excluding hydrogens is 192 g/mol. The Hall–Kier alpha value is -1.84. The summed E-state index contributed by atoms with van der Waals surface area (Å²) in [5.41, 5.74) is 7.41. The number of hydrogen-bond donors (Lipinski definition) is 2. The Kier molecular flexibility index (Phi) is 3.44. The van der Waals surface area contributed by atoms with E-state index in [9.17, 15) is 4.79 Å². The average Bonchev–Trinajstić information content (AvgIpc) is 2.21. The number of carbonyl (C=O) groups is 1. The lowest BCUT2D eigenvalue weighted by atomic mass is 10.00. The van der Waals surface area contributed by atoms with Crippen LogP contribution in [0.1, 0.15) is 25.8 Å². The Labute approximate surface area is 88.4 Å². The molecule has 0 spiro atoms. The molecule has 0 bridgehead atoms. The zero-order chi connectivity index (χ0) is 11.4. The topological polar surface area (TPSA) is 76.2 Å². The van der Waals surface area contributed by atoms with Crippen LogP contribution in [0.5, 0.6) is 0 Å². The molecule has 4 heteroatoms. The van der Waals surface area contributed by atoms with Gasteiger partial charge in [-0.3, -0.25) is 0 Å². The minimum atomic E-state index is -0.899. The molecule has 0 aliphatic rings. The van der Waals surface area contributed by atoms with Gasteiger partial charge in [0.05, 0.1) is 0 Å². The number of carboxylic acids is 1. The Bertz CT molecular complexity index is 394. The van der Waals surface area contributed by atoms with Crippen LogP contribution in [0, 0.1) is 0 Å². The second kappa shape index (κ2) is 4.59. The van der Waals surface area contributed by atoms with Crippen molar-refractivity contribution >= 4 is 17.4 Å². The minimum absolute atomic E-state index is 0.351. The molecule has 1 aromatic rings. The van der Waals surface area contributed by atoms with E-state index < -0.39 is 5.97 Å². The fourth-order valence-electron chi connectivity index (χ4n) is 1.40. The largest absolute Gasteiger partial charge is 0.478 e. The lowest BCUT2D eigenvalue weighted by Gasteiger charge is -2.07. The summed E-state index contributed by atoms with van der Waals surface area (Å²) in [6.45, 7) is 3.51. The third-order valence-corrected chi connectivity index (χ3v) is 2.26. The molecule has 3 N–H and O–H groups in total. The first-order chi connectivity index (χ1) is 7.06. The molecule has 0 radical (unpaired) electrons. The van der Waals surface area contributed by atoms with E-state index in [1.165, 1.54) is 0 Å². The second-order valence-corrected chi connectivity index (χ2v) is 3.23. The van der Waals surface area contributed by atoms with E-state index in [1.54, 1.807) is 25.3 Å². The van der Waals surface area contributed by atoms with E-state index in [0.717, 1.165) is 11.1 Å². The first kappa shape index (κ1) is 11.2. The molecule has 1 rings (SSSR count). The highest BCUT2D eigenvalue weighted by Crippen LogP contribution is 2.21. The number of pyridine rings is 1. The summed E-state index contributed by atoms with van der Waals surface area (Å²) in [5, 5.41) is 8.90. The number of aromatic nitrogens is 1. The molecule has 0 atom stereocenters. The number of carboxylic acid groups (broad SMARTS) is 1. The van der Waals surface area contributed by atoms with Gasteiger partial charge in [-0.1, -0.05) is 6.92 Å². The monoisotopic (exact) mass is 206 g/mol. The summed E-state index contributed by atoms with van der Waals surface area (Å²) in [6, 6.07) is 3.45. The molecule has 0 amide bonds. The fraction of sp³-hybridized carbons (Fsp3) is 0.273. The third-order valence-electron chi connectivity index (χ3n) is 2.26. The summed E-state index contributed by atoms with van der Waals surface area (Å²) < 4.78 is 0. The highest BCUT2D eigenvalue weighted by Gasteiger charge is 2.09. The number of aliphatic carboxylic acids is 1. The smallest absolute Gasteiger partial charge is 0.331 e. The molecule has 0 unspecified atom stereocenters. The number of anilines is 1.